The van der Waals surface area contributed by atoms with Crippen molar-refractivity contribution < 1.29 is 14.3 Å². The lowest BCUT2D eigenvalue weighted by molar-refractivity contribution is -0.122. The summed E-state index contributed by atoms with van der Waals surface area (Å²) >= 11 is 5.85. The molecule has 0 aliphatic heterocycles. The second kappa shape index (κ2) is 8.03. The lowest BCUT2D eigenvalue weighted by atomic mass is 9.96. The molecule has 2 rings (SSSR count). The first-order valence-electron chi connectivity index (χ1n) is 7.54. The van der Waals surface area contributed by atoms with Crippen molar-refractivity contribution >= 4 is 23.5 Å². The molecule has 1 fully saturated rings. The van der Waals surface area contributed by atoms with Crippen LogP contribution in [0.5, 0.6) is 5.75 Å². The van der Waals surface area contributed by atoms with Crippen LogP contribution in [0.15, 0.2) is 18.2 Å². The molecule has 1 aliphatic rings. The summed E-state index contributed by atoms with van der Waals surface area (Å²) < 4.78 is 5.39. The Balaban J connectivity index is 1.73. The van der Waals surface area contributed by atoms with Gasteiger partial charge in [0.25, 0.3) is 5.91 Å². The molecular weight excluding hydrogens is 304 g/mol. The Morgan fingerprint density at radius 1 is 1.27 bits per heavy atom. The number of carbonyl (C=O) groups excluding carboxylic acids is 2. The van der Waals surface area contributed by atoms with E-state index in [-0.39, 0.29) is 12.6 Å². The normalized spacial score (nSPS) is 15.2. The number of halogens is 1. The van der Waals surface area contributed by atoms with Crippen LogP contribution < -0.4 is 15.4 Å². The molecule has 2 N–H and O–H groups in total. The molecule has 3 amide bonds. The first-order chi connectivity index (χ1) is 10.5. The summed E-state index contributed by atoms with van der Waals surface area (Å²) in [6.07, 6.45) is 5.41. The Kier molecular flexibility index (Phi) is 6.07. The van der Waals surface area contributed by atoms with Gasteiger partial charge >= 0.3 is 6.03 Å². The van der Waals surface area contributed by atoms with Crippen LogP contribution in [0.4, 0.5) is 4.79 Å². The van der Waals surface area contributed by atoms with Crippen LogP contribution in [0.3, 0.4) is 0 Å². The van der Waals surface area contributed by atoms with Gasteiger partial charge in [-0.1, -0.05) is 30.9 Å². The average Bonchev–Trinajstić information content (AvgIpc) is 2.47. The fourth-order valence-electron chi connectivity index (χ4n) is 2.55. The molecular formula is C16H21ClN2O3. The number of imide groups is 1. The molecule has 0 aromatic heterocycles. The highest BCUT2D eigenvalue weighted by Crippen LogP contribution is 2.21. The lowest BCUT2D eigenvalue weighted by Gasteiger charge is -2.22. The molecule has 1 aliphatic carbocycles. The highest BCUT2D eigenvalue weighted by atomic mass is 35.5. The van der Waals surface area contributed by atoms with Crippen LogP contribution in [-0.4, -0.2) is 24.6 Å². The van der Waals surface area contributed by atoms with Gasteiger partial charge in [-0.2, -0.15) is 0 Å². The number of rotatable bonds is 4. The second-order valence-electron chi connectivity index (χ2n) is 5.56. The van der Waals surface area contributed by atoms with Gasteiger partial charge in [0.2, 0.25) is 0 Å². The van der Waals surface area contributed by atoms with Crippen molar-refractivity contribution in [1.29, 1.82) is 0 Å². The summed E-state index contributed by atoms with van der Waals surface area (Å²) in [6, 6.07) is 4.86. The zero-order chi connectivity index (χ0) is 15.9. The summed E-state index contributed by atoms with van der Waals surface area (Å²) in [7, 11) is 0. The molecule has 0 bridgehead atoms. The molecule has 0 atom stereocenters. The van der Waals surface area contributed by atoms with Crippen molar-refractivity contribution in [3.8, 4) is 5.75 Å². The minimum absolute atomic E-state index is 0.168. The van der Waals surface area contributed by atoms with Crippen LogP contribution in [0.2, 0.25) is 5.02 Å². The Morgan fingerprint density at radius 3 is 2.68 bits per heavy atom. The van der Waals surface area contributed by atoms with Gasteiger partial charge in [0.1, 0.15) is 5.75 Å². The average molecular weight is 325 g/mol. The van der Waals surface area contributed by atoms with Gasteiger partial charge in [-0.3, -0.25) is 10.1 Å². The third-order valence-corrected chi connectivity index (χ3v) is 3.92. The first kappa shape index (κ1) is 16.6. The standard InChI is InChI=1S/C16H21ClN2O3/c1-11-9-12(17)7-8-14(11)22-10-15(20)19-16(21)18-13-5-3-2-4-6-13/h7-9,13H,2-6,10H2,1H3,(H2,18,19,20,21). The van der Waals surface area contributed by atoms with Crippen molar-refractivity contribution in [2.45, 2.75) is 45.1 Å². The van der Waals surface area contributed by atoms with Gasteiger partial charge in [-0.15, -0.1) is 0 Å². The molecule has 1 saturated carbocycles. The summed E-state index contributed by atoms with van der Waals surface area (Å²) in [5.74, 6) is 0.106. The quantitative estimate of drug-likeness (QED) is 0.893. The number of amides is 3. The predicted octanol–water partition coefficient (Wildman–Crippen LogP) is 3.19. The molecule has 0 heterocycles. The van der Waals surface area contributed by atoms with Gasteiger partial charge in [0, 0.05) is 11.1 Å². The Hall–Kier alpha value is -1.75. The predicted molar refractivity (Wildman–Crippen MR) is 85.2 cm³/mol. The number of aryl methyl sites for hydroxylation is 1. The SMILES string of the molecule is Cc1cc(Cl)ccc1OCC(=O)NC(=O)NC1CCCCC1. The van der Waals surface area contributed by atoms with Crippen LogP contribution in [-0.2, 0) is 4.79 Å². The zero-order valence-electron chi connectivity index (χ0n) is 12.7. The maximum absolute atomic E-state index is 11.7. The van der Waals surface area contributed by atoms with Crippen molar-refractivity contribution in [2.24, 2.45) is 0 Å². The third kappa shape index (κ3) is 5.22. The van der Waals surface area contributed by atoms with E-state index in [2.05, 4.69) is 10.6 Å². The van der Waals surface area contributed by atoms with E-state index in [1.165, 1.54) is 6.42 Å². The summed E-state index contributed by atoms with van der Waals surface area (Å²) in [6.45, 7) is 1.63. The monoisotopic (exact) mass is 324 g/mol. The zero-order valence-corrected chi connectivity index (χ0v) is 13.4. The molecule has 0 spiro atoms. The van der Waals surface area contributed by atoms with Crippen LogP contribution in [0.25, 0.3) is 0 Å². The minimum Gasteiger partial charge on any atom is -0.483 e. The lowest BCUT2D eigenvalue weighted by Crippen LogP contribution is -2.46. The second-order valence-corrected chi connectivity index (χ2v) is 5.99. The molecule has 0 unspecified atom stereocenters. The molecule has 22 heavy (non-hydrogen) atoms. The fourth-order valence-corrected chi connectivity index (χ4v) is 2.78. The maximum atomic E-state index is 11.7. The van der Waals surface area contributed by atoms with Crippen LogP contribution >= 0.6 is 11.6 Å². The van der Waals surface area contributed by atoms with Gasteiger partial charge < -0.3 is 10.1 Å². The molecule has 1 aromatic carbocycles. The molecule has 5 nitrogen and oxygen atoms in total. The van der Waals surface area contributed by atoms with E-state index in [4.69, 9.17) is 16.3 Å². The number of benzene rings is 1. The number of carbonyl (C=O) groups is 2. The van der Waals surface area contributed by atoms with Crippen molar-refractivity contribution in [3.05, 3.63) is 28.8 Å². The van der Waals surface area contributed by atoms with E-state index in [0.29, 0.717) is 10.8 Å². The Labute approximate surface area is 135 Å². The van der Waals surface area contributed by atoms with E-state index in [1.807, 2.05) is 6.92 Å². The minimum atomic E-state index is -0.470. The van der Waals surface area contributed by atoms with E-state index in [0.717, 1.165) is 31.2 Å². The van der Waals surface area contributed by atoms with Gasteiger partial charge in [0.15, 0.2) is 6.61 Å². The molecule has 0 saturated heterocycles. The Morgan fingerprint density at radius 2 is 2.00 bits per heavy atom. The first-order valence-corrected chi connectivity index (χ1v) is 7.91. The van der Waals surface area contributed by atoms with Crippen molar-refractivity contribution in [1.82, 2.24) is 10.6 Å². The fraction of sp³-hybridized carbons (Fsp3) is 0.500. The third-order valence-electron chi connectivity index (χ3n) is 3.69. The number of nitrogens with one attached hydrogen (secondary N) is 2. The number of urea groups is 1. The van der Waals surface area contributed by atoms with Crippen molar-refractivity contribution in [3.63, 3.8) is 0 Å². The smallest absolute Gasteiger partial charge is 0.321 e. The highest BCUT2D eigenvalue weighted by molar-refractivity contribution is 6.30. The maximum Gasteiger partial charge on any atom is 0.321 e. The molecule has 0 radical (unpaired) electrons. The van der Waals surface area contributed by atoms with E-state index < -0.39 is 11.9 Å². The van der Waals surface area contributed by atoms with Crippen molar-refractivity contribution in [2.75, 3.05) is 6.61 Å². The molecule has 6 heteroatoms. The van der Waals surface area contributed by atoms with Crippen LogP contribution in [0.1, 0.15) is 37.7 Å². The number of ether oxygens (including phenoxy) is 1. The summed E-state index contributed by atoms with van der Waals surface area (Å²) in [4.78, 5) is 23.5. The van der Waals surface area contributed by atoms with Gasteiger partial charge in [-0.05, 0) is 43.5 Å². The highest BCUT2D eigenvalue weighted by Gasteiger charge is 2.17. The number of hydrogen-bond donors (Lipinski definition) is 2. The molecule has 1 aromatic rings. The largest absolute Gasteiger partial charge is 0.483 e. The van der Waals surface area contributed by atoms with Crippen LogP contribution in [0, 0.1) is 6.92 Å². The van der Waals surface area contributed by atoms with E-state index in [9.17, 15) is 9.59 Å². The van der Waals surface area contributed by atoms with E-state index in [1.54, 1.807) is 18.2 Å². The summed E-state index contributed by atoms with van der Waals surface area (Å²) in [5, 5.41) is 5.72. The topological polar surface area (TPSA) is 67.4 Å². The van der Waals surface area contributed by atoms with Gasteiger partial charge in [0.05, 0.1) is 0 Å². The van der Waals surface area contributed by atoms with Gasteiger partial charge in [-0.25, -0.2) is 4.79 Å². The summed E-state index contributed by atoms with van der Waals surface area (Å²) in [5.41, 5.74) is 0.840. The number of hydrogen-bond acceptors (Lipinski definition) is 3. The van der Waals surface area contributed by atoms with E-state index >= 15 is 0 Å². The molecule has 120 valence electrons. The Bertz CT molecular complexity index is 542.